The molecule has 0 saturated heterocycles. The maximum absolute atomic E-state index is 10.9. The molecule has 0 heterocycles. The molecule has 0 amide bonds. The molecule has 102 valence electrons. The normalized spacial score (nSPS) is 26.2. The zero-order valence-corrected chi connectivity index (χ0v) is 14.8. The van der Waals surface area contributed by atoms with Crippen molar-refractivity contribution >= 4 is 15.2 Å². The van der Waals surface area contributed by atoms with Crippen LogP contribution in [0.1, 0.15) is 38.5 Å². The minimum absolute atomic E-state index is 0. The van der Waals surface area contributed by atoms with Gasteiger partial charge >= 0.3 is 19.5 Å². The average Bonchev–Trinajstić information content (AvgIpc) is 2.38. The zero-order valence-electron chi connectivity index (χ0n) is 10.0. The molecular weight excluding hydrogens is 333 g/mol. The smallest absolute Gasteiger partial charge is 0.777 e. The van der Waals surface area contributed by atoms with E-state index in [0.29, 0.717) is 12.8 Å². The zero-order chi connectivity index (χ0) is 13.1. The summed E-state index contributed by atoms with van der Waals surface area (Å²) in [5, 5.41) is 2.32. The summed E-state index contributed by atoms with van der Waals surface area (Å²) in [4.78, 5) is 39.5. The number of hydrogen-bond acceptors (Lipinski definition) is 5. The minimum Gasteiger partial charge on any atom is -0.777 e. The summed E-state index contributed by atoms with van der Waals surface area (Å²) in [6.07, 6.45) is 5.05. The fourth-order valence-corrected chi connectivity index (χ4v) is 4.30. The van der Waals surface area contributed by atoms with Gasteiger partial charge in [0.25, 0.3) is 0 Å². The molecule has 0 radical (unpaired) electrons. The molecule has 1 aliphatic carbocycles. The van der Waals surface area contributed by atoms with E-state index in [1.54, 1.807) is 0 Å². The third-order valence-corrected chi connectivity index (χ3v) is 6.14. The Morgan fingerprint density at radius 2 is 1.39 bits per heavy atom. The van der Waals surface area contributed by atoms with Crippen molar-refractivity contribution in [2.24, 2.45) is 0 Å². The van der Waals surface area contributed by atoms with Gasteiger partial charge in [-0.15, -0.1) is 0 Å². The first kappa shape index (κ1) is 18.9. The van der Waals surface area contributed by atoms with Gasteiger partial charge in [-0.25, -0.2) is 0 Å². The summed E-state index contributed by atoms with van der Waals surface area (Å²) in [6, 6.07) is -0.314. The van der Waals surface area contributed by atoms with Gasteiger partial charge in [-0.1, -0.05) is 25.7 Å². The van der Waals surface area contributed by atoms with Gasteiger partial charge in [0.15, 0.2) is 15.2 Å². The van der Waals surface area contributed by atoms with Crippen LogP contribution in [0.4, 0.5) is 0 Å². The van der Waals surface area contributed by atoms with Gasteiger partial charge in [-0.3, -0.25) is 5.32 Å². The van der Waals surface area contributed by atoms with Crippen molar-refractivity contribution in [3.05, 3.63) is 0 Å². The standard InChI is InChI=1S/C8H19NO6P2.Zn/c10-16(11,12)8(17(13,14)15)9-7-5-3-1-2-4-6-7;/h7-9H,1-6H2,(H2,10,11,12)(H2,13,14,15);/q;+2/p-2. The summed E-state index contributed by atoms with van der Waals surface area (Å²) in [5.74, 6) is 0. The fourth-order valence-electron chi connectivity index (χ4n) is 2.03. The van der Waals surface area contributed by atoms with Gasteiger partial charge < -0.3 is 28.7 Å². The second-order valence-corrected chi connectivity index (χ2v) is 8.05. The van der Waals surface area contributed by atoms with Crippen LogP contribution >= 0.6 is 15.2 Å². The van der Waals surface area contributed by atoms with E-state index in [1.807, 2.05) is 0 Å². The topological polar surface area (TPSA) is 133 Å². The second kappa shape index (κ2) is 7.61. The van der Waals surface area contributed by atoms with Crippen molar-refractivity contribution in [3.8, 4) is 0 Å². The molecule has 0 aromatic heterocycles. The minimum atomic E-state index is -5.16. The van der Waals surface area contributed by atoms with Crippen LogP contribution in [0, 0.1) is 0 Å². The van der Waals surface area contributed by atoms with E-state index in [2.05, 4.69) is 5.32 Å². The Hall–Kier alpha value is 0.883. The van der Waals surface area contributed by atoms with Crippen molar-refractivity contribution in [3.63, 3.8) is 0 Å². The van der Waals surface area contributed by atoms with Crippen LogP contribution in [0.25, 0.3) is 0 Å². The molecule has 7 nitrogen and oxygen atoms in total. The van der Waals surface area contributed by atoms with Crippen LogP contribution in [-0.2, 0) is 28.6 Å². The SMILES string of the molecule is O=P([O-])(O)C(NC1CCCCCC1)P(=O)([O-])O.[Zn+2]. The van der Waals surface area contributed by atoms with Gasteiger partial charge in [0.1, 0.15) is 5.52 Å². The van der Waals surface area contributed by atoms with Gasteiger partial charge in [0, 0.05) is 6.04 Å². The molecule has 2 unspecified atom stereocenters. The predicted octanol–water partition coefficient (Wildman–Crippen LogP) is -0.329. The van der Waals surface area contributed by atoms with Gasteiger partial charge in [-0.05, 0) is 12.8 Å². The number of hydrogen-bond donors (Lipinski definition) is 3. The van der Waals surface area contributed by atoms with Crippen molar-refractivity contribution in [2.45, 2.75) is 50.1 Å². The third-order valence-electron chi connectivity index (χ3n) is 2.86. The number of rotatable bonds is 4. The Balaban J connectivity index is 0.00000289. The average molecular weight is 351 g/mol. The molecule has 1 saturated carbocycles. The summed E-state index contributed by atoms with van der Waals surface area (Å²) in [7, 11) is -10.3. The fraction of sp³-hybridized carbons (Fsp3) is 1.00. The molecule has 0 aromatic rings. The van der Waals surface area contributed by atoms with E-state index in [9.17, 15) is 18.9 Å². The summed E-state index contributed by atoms with van der Waals surface area (Å²) in [6.45, 7) is 0. The first-order valence-corrected chi connectivity index (χ1v) is 8.83. The summed E-state index contributed by atoms with van der Waals surface area (Å²) >= 11 is 0. The van der Waals surface area contributed by atoms with Crippen LogP contribution in [0.3, 0.4) is 0 Å². The predicted molar refractivity (Wildman–Crippen MR) is 58.1 cm³/mol. The molecule has 1 rings (SSSR count). The van der Waals surface area contributed by atoms with Crippen LogP contribution in [0.5, 0.6) is 0 Å². The molecule has 1 fully saturated rings. The summed E-state index contributed by atoms with van der Waals surface area (Å²) in [5.41, 5.74) is -2.29. The van der Waals surface area contributed by atoms with E-state index in [1.165, 1.54) is 0 Å². The maximum atomic E-state index is 10.9. The van der Waals surface area contributed by atoms with Crippen molar-refractivity contribution in [2.75, 3.05) is 0 Å². The van der Waals surface area contributed by atoms with E-state index >= 15 is 0 Å². The Morgan fingerprint density at radius 3 is 1.72 bits per heavy atom. The molecule has 0 bridgehead atoms. The van der Waals surface area contributed by atoms with Gasteiger partial charge in [0.05, 0.1) is 0 Å². The molecule has 2 atom stereocenters. The van der Waals surface area contributed by atoms with E-state index in [4.69, 9.17) is 9.79 Å². The molecule has 1 aliphatic rings. The van der Waals surface area contributed by atoms with E-state index < -0.39 is 20.7 Å². The number of nitrogens with one attached hydrogen (secondary N) is 1. The van der Waals surface area contributed by atoms with Crippen LogP contribution in [-0.4, -0.2) is 21.4 Å². The van der Waals surface area contributed by atoms with Crippen LogP contribution in [0.2, 0.25) is 0 Å². The van der Waals surface area contributed by atoms with Gasteiger partial charge in [-0.2, -0.15) is 0 Å². The first-order valence-electron chi connectivity index (χ1n) is 5.54. The molecular formula is C8H17NO6P2Zn. The van der Waals surface area contributed by atoms with Crippen molar-refractivity contribution in [1.82, 2.24) is 5.32 Å². The molecule has 0 spiro atoms. The molecule has 0 aromatic carbocycles. The van der Waals surface area contributed by atoms with Crippen molar-refractivity contribution in [1.29, 1.82) is 0 Å². The second-order valence-electron chi connectivity index (χ2n) is 4.36. The maximum Gasteiger partial charge on any atom is 2.00 e. The van der Waals surface area contributed by atoms with Crippen LogP contribution < -0.4 is 15.1 Å². The Kier molecular flexibility index (Phi) is 7.98. The Labute approximate surface area is 119 Å². The largest absolute Gasteiger partial charge is 2.00 e. The molecule has 10 heteroatoms. The van der Waals surface area contributed by atoms with Gasteiger partial charge in [0.2, 0.25) is 0 Å². The first-order chi connectivity index (χ1) is 7.71. The summed E-state index contributed by atoms with van der Waals surface area (Å²) < 4.78 is 21.9. The molecule has 18 heavy (non-hydrogen) atoms. The van der Waals surface area contributed by atoms with E-state index in [0.717, 1.165) is 25.7 Å². The molecule has 3 N–H and O–H groups in total. The van der Waals surface area contributed by atoms with E-state index in [-0.39, 0.29) is 25.5 Å². The Morgan fingerprint density at radius 1 is 1.00 bits per heavy atom. The monoisotopic (exact) mass is 349 g/mol. The van der Waals surface area contributed by atoms with Crippen LogP contribution in [0.15, 0.2) is 0 Å². The van der Waals surface area contributed by atoms with Crippen molar-refractivity contribution < 1.29 is 48.2 Å². The quantitative estimate of drug-likeness (QED) is 0.359. The molecule has 0 aliphatic heterocycles. The third kappa shape index (κ3) is 6.36. The Bertz CT molecular complexity index is 312.